The van der Waals surface area contributed by atoms with Crippen molar-refractivity contribution in [1.29, 1.82) is 0 Å². The summed E-state index contributed by atoms with van der Waals surface area (Å²) < 4.78 is 82.2. The summed E-state index contributed by atoms with van der Waals surface area (Å²) in [6, 6.07) is 11.2. The number of methoxy groups -OCH3 is 1. The Morgan fingerprint density at radius 3 is 2.51 bits per heavy atom. The van der Waals surface area contributed by atoms with Gasteiger partial charge in [-0.1, -0.05) is 18.2 Å². The molecule has 6 nitrogen and oxygen atoms in total. The third-order valence-electron chi connectivity index (χ3n) is 7.09. The summed E-state index contributed by atoms with van der Waals surface area (Å²) in [7, 11) is 2.19. The Morgan fingerprint density at radius 1 is 1.09 bits per heavy atom. The average Bonchev–Trinajstić information content (AvgIpc) is 2.95. The Balaban J connectivity index is 1.85. The SMILES string of the molecule is CO/C(C=O)=C(/C=C\N(C)C1C(=O)NCc2cc(cc(C)c2F)-c2c(C)cccc2OCc2ccc(F)c1c2)C(F)(F)F. The number of amides is 1. The van der Waals surface area contributed by atoms with Gasteiger partial charge in [-0.3, -0.25) is 9.59 Å². The van der Waals surface area contributed by atoms with E-state index in [9.17, 15) is 22.8 Å². The van der Waals surface area contributed by atoms with Crippen LogP contribution in [0.25, 0.3) is 11.1 Å². The summed E-state index contributed by atoms with van der Waals surface area (Å²) in [6.45, 7) is 3.16. The van der Waals surface area contributed by atoms with Crippen molar-refractivity contribution < 1.29 is 41.0 Å². The van der Waals surface area contributed by atoms with E-state index in [0.717, 1.165) is 35.4 Å². The van der Waals surface area contributed by atoms with E-state index >= 15 is 8.78 Å². The lowest BCUT2D eigenvalue weighted by atomic mass is 9.95. The van der Waals surface area contributed by atoms with Gasteiger partial charge in [-0.2, -0.15) is 13.2 Å². The van der Waals surface area contributed by atoms with Gasteiger partial charge in [0.25, 0.3) is 0 Å². The largest absolute Gasteiger partial charge is 0.493 e. The molecule has 1 aliphatic heterocycles. The Kier molecular flexibility index (Phi) is 9.22. The first kappa shape index (κ1) is 31.3. The van der Waals surface area contributed by atoms with E-state index in [2.05, 4.69) is 10.1 Å². The second kappa shape index (κ2) is 12.7. The van der Waals surface area contributed by atoms with Crippen LogP contribution in [-0.4, -0.2) is 37.4 Å². The summed E-state index contributed by atoms with van der Waals surface area (Å²) in [5, 5.41) is 2.61. The maximum atomic E-state index is 15.3. The molecule has 0 saturated heterocycles. The molecule has 226 valence electrons. The number of likely N-dealkylation sites (N-methyl/N-ethyl adjacent to an activating group) is 1. The van der Waals surface area contributed by atoms with Crippen LogP contribution in [0.15, 0.2) is 72.1 Å². The third kappa shape index (κ3) is 6.71. The summed E-state index contributed by atoms with van der Waals surface area (Å²) in [5.41, 5.74) is 1.69. The number of alkyl halides is 3. The fourth-order valence-corrected chi connectivity index (χ4v) is 4.94. The van der Waals surface area contributed by atoms with Gasteiger partial charge in [-0.15, -0.1) is 0 Å². The minimum absolute atomic E-state index is 0.0256. The normalized spacial score (nSPS) is 15.9. The number of hydrogen-bond donors (Lipinski definition) is 1. The zero-order valence-electron chi connectivity index (χ0n) is 23.8. The highest BCUT2D eigenvalue weighted by Gasteiger charge is 2.36. The van der Waals surface area contributed by atoms with Crippen molar-refractivity contribution >= 4 is 12.2 Å². The van der Waals surface area contributed by atoms with Crippen molar-refractivity contribution in [2.75, 3.05) is 14.2 Å². The van der Waals surface area contributed by atoms with Crippen LogP contribution in [0.2, 0.25) is 0 Å². The van der Waals surface area contributed by atoms with Crippen LogP contribution >= 0.6 is 0 Å². The van der Waals surface area contributed by atoms with Crippen molar-refractivity contribution in [1.82, 2.24) is 10.2 Å². The molecule has 0 aromatic heterocycles. The van der Waals surface area contributed by atoms with Gasteiger partial charge in [0.05, 0.1) is 7.11 Å². The Hall–Kier alpha value is -4.67. The molecular weight excluding hydrogens is 571 g/mol. The van der Waals surface area contributed by atoms with Gasteiger partial charge in [0.15, 0.2) is 12.0 Å². The van der Waals surface area contributed by atoms with Crippen LogP contribution < -0.4 is 10.1 Å². The van der Waals surface area contributed by atoms with Gasteiger partial charge in [-0.05, 0) is 72.5 Å². The molecule has 0 saturated carbocycles. The fraction of sp³-hybridized carbons (Fsp3) is 0.250. The standard InChI is InChI=1S/C32H29F5N2O4/c1-18-6-5-7-26-28(18)21-12-19(2)29(34)22(14-21)15-38-31(41)30(23-13-20(17-43-26)8-9-25(23)33)39(3)11-10-24(32(35,36)37)27(16-40)42-4/h5-14,16,30H,15,17H2,1-4H3,(H,38,41)/b11-10-,27-24-. The van der Waals surface area contributed by atoms with Crippen molar-refractivity contribution in [2.45, 2.75) is 39.2 Å². The van der Waals surface area contributed by atoms with E-state index in [1.54, 1.807) is 25.1 Å². The number of fused-ring (bicyclic) bond motifs is 6. The fourth-order valence-electron chi connectivity index (χ4n) is 4.94. The number of ether oxygens (including phenoxy) is 2. The highest BCUT2D eigenvalue weighted by Crippen LogP contribution is 2.36. The molecule has 0 spiro atoms. The van der Waals surface area contributed by atoms with Gasteiger partial charge in [-0.25, -0.2) is 8.78 Å². The number of carbonyl (C=O) groups excluding carboxylic acids is 2. The average molecular weight is 601 g/mol. The maximum absolute atomic E-state index is 15.3. The minimum atomic E-state index is -4.97. The van der Waals surface area contributed by atoms with E-state index in [1.807, 2.05) is 19.1 Å². The number of nitrogens with one attached hydrogen (secondary N) is 1. The van der Waals surface area contributed by atoms with Crippen molar-refractivity contribution in [2.24, 2.45) is 0 Å². The lowest BCUT2D eigenvalue weighted by molar-refractivity contribution is -0.125. The summed E-state index contributed by atoms with van der Waals surface area (Å²) in [5.74, 6) is -2.62. The Morgan fingerprint density at radius 2 is 1.84 bits per heavy atom. The smallest absolute Gasteiger partial charge is 0.420 e. The van der Waals surface area contributed by atoms with Crippen LogP contribution in [0.5, 0.6) is 5.75 Å². The second-order valence-electron chi connectivity index (χ2n) is 10.1. The van der Waals surface area contributed by atoms with E-state index in [1.165, 1.54) is 19.2 Å². The molecule has 0 radical (unpaired) electrons. The van der Waals surface area contributed by atoms with Gasteiger partial charge >= 0.3 is 6.18 Å². The van der Waals surface area contributed by atoms with Crippen LogP contribution in [0.4, 0.5) is 22.0 Å². The molecule has 1 unspecified atom stereocenters. The molecule has 3 aromatic carbocycles. The van der Waals surface area contributed by atoms with E-state index in [-0.39, 0.29) is 30.6 Å². The zero-order chi connectivity index (χ0) is 31.5. The zero-order valence-corrected chi connectivity index (χ0v) is 23.8. The minimum Gasteiger partial charge on any atom is -0.493 e. The van der Waals surface area contributed by atoms with E-state index in [0.29, 0.717) is 28.5 Å². The maximum Gasteiger partial charge on any atom is 0.420 e. The first-order valence-electron chi connectivity index (χ1n) is 13.1. The van der Waals surface area contributed by atoms with Gasteiger partial charge < -0.3 is 19.7 Å². The molecule has 1 amide bonds. The molecule has 4 rings (SSSR count). The van der Waals surface area contributed by atoms with Gasteiger partial charge in [0.1, 0.15) is 35.6 Å². The molecule has 4 bridgehead atoms. The van der Waals surface area contributed by atoms with Gasteiger partial charge in [0.2, 0.25) is 5.91 Å². The number of aldehydes is 1. The highest BCUT2D eigenvalue weighted by atomic mass is 19.4. The van der Waals surface area contributed by atoms with Crippen LogP contribution in [0.3, 0.4) is 0 Å². The first-order chi connectivity index (χ1) is 20.3. The molecule has 1 aliphatic rings. The molecule has 0 fully saturated rings. The number of nitrogens with zero attached hydrogens (tertiary/aromatic N) is 1. The van der Waals surface area contributed by atoms with Crippen molar-refractivity contribution in [3.63, 3.8) is 0 Å². The third-order valence-corrected chi connectivity index (χ3v) is 7.09. The second-order valence-corrected chi connectivity index (χ2v) is 10.1. The van der Waals surface area contributed by atoms with E-state index in [4.69, 9.17) is 4.74 Å². The molecule has 1 heterocycles. The predicted octanol–water partition coefficient (Wildman–Crippen LogP) is 6.61. The Labute approximate surface area is 245 Å². The summed E-state index contributed by atoms with van der Waals surface area (Å²) in [6.07, 6.45) is -3.60. The molecule has 3 aromatic rings. The highest BCUT2D eigenvalue weighted by molar-refractivity contribution is 5.84. The number of hydrogen-bond acceptors (Lipinski definition) is 5. The topological polar surface area (TPSA) is 67.9 Å². The van der Waals surface area contributed by atoms with Crippen molar-refractivity contribution in [3.05, 3.63) is 112 Å². The molecule has 0 aliphatic carbocycles. The lowest BCUT2D eigenvalue weighted by Crippen LogP contribution is -2.37. The lowest BCUT2D eigenvalue weighted by Gasteiger charge is -2.28. The first-order valence-corrected chi connectivity index (χ1v) is 13.1. The number of benzene rings is 3. The molecule has 43 heavy (non-hydrogen) atoms. The number of carbonyl (C=O) groups is 2. The number of aryl methyl sites for hydroxylation is 2. The molecule has 1 N–H and O–H groups in total. The van der Waals surface area contributed by atoms with Crippen LogP contribution in [0, 0.1) is 25.5 Å². The monoisotopic (exact) mass is 600 g/mol. The molecule has 1 atom stereocenters. The van der Waals surface area contributed by atoms with Crippen molar-refractivity contribution in [3.8, 4) is 16.9 Å². The summed E-state index contributed by atoms with van der Waals surface area (Å²) in [4.78, 5) is 25.8. The quantitative estimate of drug-likeness (QED) is 0.118. The van der Waals surface area contributed by atoms with Gasteiger partial charge in [0, 0.05) is 36.5 Å². The van der Waals surface area contributed by atoms with E-state index < -0.39 is 41.1 Å². The molecule has 11 heteroatoms. The number of rotatable bonds is 5. The summed E-state index contributed by atoms with van der Waals surface area (Å²) >= 11 is 0. The predicted molar refractivity (Wildman–Crippen MR) is 150 cm³/mol. The van der Waals surface area contributed by atoms with Crippen LogP contribution in [-0.2, 0) is 27.5 Å². The number of halogens is 5. The Bertz CT molecular complexity index is 1610. The van der Waals surface area contributed by atoms with Crippen LogP contribution in [0.1, 0.15) is 33.9 Å². The molecular formula is C32H29F5N2O4. The number of allylic oxidation sites excluding steroid dienone is 3.